The van der Waals surface area contributed by atoms with Crippen molar-refractivity contribution in [2.75, 3.05) is 0 Å². The molecule has 0 amide bonds. The molecule has 1 nitrogen and oxygen atoms in total. The van der Waals surface area contributed by atoms with Crippen LogP contribution in [0.3, 0.4) is 0 Å². The highest BCUT2D eigenvalue weighted by atomic mass is 16.3. The molecule has 0 aromatic heterocycles. The van der Waals surface area contributed by atoms with Gasteiger partial charge in [-0.2, -0.15) is 0 Å². The van der Waals surface area contributed by atoms with Crippen LogP contribution in [0.1, 0.15) is 36.8 Å². The van der Waals surface area contributed by atoms with E-state index in [0.29, 0.717) is 17.8 Å². The van der Waals surface area contributed by atoms with Gasteiger partial charge >= 0.3 is 0 Å². The lowest BCUT2D eigenvalue weighted by atomic mass is 9.52. The second kappa shape index (κ2) is 4.61. The first-order valence-corrected chi connectivity index (χ1v) is 9.42. The molecule has 5 atom stereocenters. The maximum absolute atomic E-state index is 10.9. The van der Waals surface area contributed by atoms with Gasteiger partial charge in [-0.05, 0) is 71.3 Å². The van der Waals surface area contributed by atoms with Gasteiger partial charge in [-0.15, -0.1) is 0 Å². The van der Waals surface area contributed by atoms with Gasteiger partial charge in [0.2, 0.25) is 0 Å². The van der Waals surface area contributed by atoms with Gasteiger partial charge in [0.15, 0.2) is 0 Å². The normalized spacial score (nSPS) is 35.3. The summed E-state index contributed by atoms with van der Waals surface area (Å²) in [6, 6.07) is 17.7. The molecule has 4 bridgehead atoms. The van der Waals surface area contributed by atoms with Crippen molar-refractivity contribution in [3.63, 3.8) is 0 Å². The summed E-state index contributed by atoms with van der Waals surface area (Å²) in [7, 11) is 0. The van der Waals surface area contributed by atoms with Gasteiger partial charge in [0.1, 0.15) is 0 Å². The molecule has 0 aliphatic heterocycles. The summed E-state index contributed by atoms with van der Waals surface area (Å²) >= 11 is 0. The largest absolute Gasteiger partial charge is 0.392 e. The van der Waals surface area contributed by atoms with Crippen molar-refractivity contribution in [1.29, 1.82) is 0 Å². The summed E-state index contributed by atoms with van der Waals surface area (Å²) in [4.78, 5) is 0. The maximum Gasteiger partial charge on any atom is 0.0634 e. The molecule has 0 saturated heterocycles. The van der Waals surface area contributed by atoms with Crippen LogP contribution in [-0.2, 0) is 0 Å². The molecule has 5 aliphatic carbocycles. The standard InChI is InChI=1S/C23H22O/c24-23-15-10-13-9-14(12-15)21(20(23)11-13)22-18-7-3-1-5-16(18)17-6-2-4-8-19(17)22/h1-8,13-15,20,23-24H,9-12H2. The minimum absolute atomic E-state index is 0.111. The first kappa shape index (κ1) is 13.4. The van der Waals surface area contributed by atoms with Gasteiger partial charge in [0, 0.05) is 5.92 Å². The van der Waals surface area contributed by atoms with Crippen molar-refractivity contribution >= 4 is 5.57 Å². The Hall–Kier alpha value is -1.86. The van der Waals surface area contributed by atoms with Crippen LogP contribution in [0.5, 0.6) is 0 Å². The van der Waals surface area contributed by atoms with Crippen LogP contribution in [0.4, 0.5) is 0 Å². The molecule has 1 heteroatoms. The molecule has 4 fully saturated rings. The zero-order valence-electron chi connectivity index (χ0n) is 13.8. The highest BCUT2D eigenvalue weighted by Gasteiger charge is 2.51. The highest BCUT2D eigenvalue weighted by molar-refractivity contribution is 6.02. The summed E-state index contributed by atoms with van der Waals surface area (Å²) in [5, 5.41) is 10.9. The molecular weight excluding hydrogens is 292 g/mol. The third kappa shape index (κ3) is 1.59. The van der Waals surface area contributed by atoms with Gasteiger partial charge in [-0.1, -0.05) is 54.1 Å². The van der Waals surface area contributed by atoms with E-state index in [2.05, 4.69) is 48.5 Å². The molecule has 0 heterocycles. The zero-order chi connectivity index (χ0) is 15.8. The molecule has 4 saturated carbocycles. The zero-order valence-corrected chi connectivity index (χ0v) is 13.8. The number of aliphatic hydroxyl groups is 1. The Morgan fingerprint density at radius 3 is 2.00 bits per heavy atom. The molecule has 0 radical (unpaired) electrons. The Morgan fingerprint density at radius 2 is 1.33 bits per heavy atom. The van der Waals surface area contributed by atoms with Gasteiger partial charge in [0.05, 0.1) is 6.10 Å². The lowest BCUT2D eigenvalue weighted by molar-refractivity contribution is -0.0575. The lowest BCUT2D eigenvalue weighted by Crippen LogP contribution is -2.50. The number of benzene rings is 2. The van der Waals surface area contributed by atoms with Gasteiger partial charge in [0.25, 0.3) is 0 Å². The molecule has 120 valence electrons. The number of aliphatic hydroxyl groups excluding tert-OH is 1. The monoisotopic (exact) mass is 314 g/mol. The first-order chi connectivity index (χ1) is 11.8. The molecule has 2 aromatic rings. The SMILES string of the molecule is OC1C2CC3CC(C2)C(=C2c4ccccc4-c4ccccc42)C1C3. The van der Waals surface area contributed by atoms with Crippen LogP contribution >= 0.6 is 0 Å². The Labute approximate surface area is 143 Å². The number of rotatable bonds is 0. The maximum atomic E-state index is 10.9. The van der Waals surface area contributed by atoms with E-state index in [1.807, 2.05) is 0 Å². The van der Waals surface area contributed by atoms with Gasteiger partial charge in [-0.25, -0.2) is 0 Å². The van der Waals surface area contributed by atoms with Crippen LogP contribution < -0.4 is 0 Å². The Morgan fingerprint density at radius 1 is 0.708 bits per heavy atom. The third-order valence-corrected chi connectivity index (χ3v) is 7.13. The smallest absolute Gasteiger partial charge is 0.0634 e. The van der Waals surface area contributed by atoms with E-state index >= 15 is 0 Å². The van der Waals surface area contributed by atoms with Crippen LogP contribution in [0.15, 0.2) is 54.1 Å². The average molecular weight is 314 g/mol. The topological polar surface area (TPSA) is 20.2 Å². The van der Waals surface area contributed by atoms with Crippen molar-refractivity contribution in [2.24, 2.45) is 23.7 Å². The molecule has 24 heavy (non-hydrogen) atoms. The summed E-state index contributed by atoms with van der Waals surface area (Å²) in [5.74, 6) is 2.52. The fraction of sp³-hybridized carbons (Fsp3) is 0.391. The van der Waals surface area contributed by atoms with Crippen molar-refractivity contribution < 1.29 is 5.11 Å². The minimum Gasteiger partial charge on any atom is -0.392 e. The Kier molecular flexibility index (Phi) is 2.58. The van der Waals surface area contributed by atoms with E-state index in [4.69, 9.17) is 0 Å². The fourth-order valence-corrected chi connectivity index (χ4v) is 6.37. The van der Waals surface area contributed by atoms with Gasteiger partial charge in [-0.3, -0.25) is 0 Å². The third-order valence-electron chi connectivity index (χ3n) is 7.13. The average Bonchev–Trinajstić information content (AvgIpc) is 2.94. The van der Waals surface area contributed by atoms with Crippen molar-refractivity contribution in [3.05, 3.63) is 65.2 Å². The van der Waals surface area contributed by atoms with E-state index in [1.165, 1.54) is 53.5 Å². The van der Waals surface area contributed by atoms with Crippen LogP contribution in [0, 0.1) is 23.7 Å². The number of hydrogen-bond acceptors (Lipinski definition) is 1. The second-order valence-corrected chi connectivity index (χ2v) is 8.28. The van der Waals surface area contributed by atoms with Crippen LogP contribution in [0.25, 0.3) is 16.7 Å². The van der Waals surface area contributed by atoms with Crippen molar-refractivity contribution in [2.45, 2.75) is 31.8 Å². The number of hydrogen-bond donors (Lipinski definition) is 1. The van der Waals surface area contributed by atoms with Gasteiger partial charge < -0.3 is 5.11 Å². The molecule has 2 aromatic carbocycles. The van der Waals surface area contributed by atoms with E-state index in [0.717, 1.165) is 5.92 Å². The second-order valence-electron chi connectivity index (χ2n) is 8.28. The summed E-state index contributed by atoms with van der Waals surface area (Å²) < 4.78 is 0. The van der Waals surface area contributed by atoms with E-state index in [1.54, 1.807) is 5.57 Å². The van der Waals surface area contributed by atoms with E-state index in [-0.39, 0.29) is 6.10 Å². The van der Waals surface area contributed by atoms with E-state index in [9.17, 15) is 5.11 Å². The molecule has 1 N–H and O–H groups in total. The lowest BCUT2D eigenvalue weighted by Gasteiger charge is -2.54. The molecule has 0 spiro atoms. The van der Waals surface area contributed by atoms with Crippen LogP contribution in [-0.4, -0.2) is 11.2 Å². The molecule has 5 unspecified atom stereocenters. The minimum atomic E-state index is -0.111. The van der Waals surface area contributed by atoms with Crippen molar-refractivity contribution in [1.82, 2.24) is 0 Å². The predicted octanol–water partition coefficient (Wildman–Crippen LogP) is 4.90. The molecule has 7 rings (SSSR count). The summed E-state index contributed by atoms with van der Waals surface area (Å²) in [6.07, 6.45) is 4.92. The van der Waals surface area contributed by atoms with E-state index < -0.39 is 0 Å². The highest BCUT2D eigenvalue weighted by Crippen LogP contribution is 2.60. The van der Waals surface area contributed by atoms with Crippen molar-refractivity contribution in [3.8, 4) is 11.1 Å². The Balaban J connectivity index is 1.65. The van der Waals surface area contributed by atoms with Crippen LogP contribution in [0.2, 0.25) is 0 Å². The fourth-order valence-electron chi connectivity index (χ4n) is 6.37. The summed E-state index contributed by atoms with van der Waals surface area (Å²) in [6.45, 7) is 0. The predicted molar refractivity (Wildman–Crippen MR) is 96.3 cm³/mol. The Bertz CT molecular complexity index is 830. The first-order valence-electron chi connectivity index (χ1n) is 9.42. The molecular formula is C23H22O. The quantitative estimate of drug-likeness (QED) is 0.626. The molecule has 5 aliphatic rings. The summed E-state index contributed by atoms with van der Waals surface area (Å²) in [5.41, 5.74) is 8.60. The number of fused-ring (bicyclic) bond motifs is 3.